The van der Waals surface area contributed by atoms with Gasteiger partial charge in [-0.2, -0.15) is 0 Å². The molecule has 0 spiro atoms. The maximum absolute atomic E-state index is 5.47. The lowest BCUT2D eigenvalue weighted by Crippen LogP contribution is -2.19. The summed E-state index contributed by atoms with van der Waals surface area (Å²) >= 11 is 7.16. The molecule has 0 saturated carbocycles. The number of rotatable bonds is 2. The zero-order chi connectivity index (χ0) is 16.5. The number of nitrogens with zero attached hydrogens (tertiary/aromatic N) is 1. The number of aryl methyl sites for hydroxylation is 1. The van der Waals surface area contributed by atoms with Crippen LogP contribution in [0, 0.1) is 6.92 Å². The first-order valence-electron chi connectivity index (χ1n) is 7.62. The molecule has 0 unspecified atom stereocenters. The van der Waals surface area contributed by atoms with Crippen LogP contribution in [-0.2, 0) is 0 Å². The van der Waals surface area contributed by atoms with Crippen LogP contribution in [-0.4, -0.2) is 10.1 Å². The van der Waals surface area contributed by atoms with Gasteiger partial charge in [0.15, 0.2) is 5.11 Å². The first-order chi connectivity index (χ1) is 11.7. The summed E-state index contributed by atoms with van der Waals surface area (Å²) in [6, 6.07) is 20.5. The lowest BCUT2D eigenvalue weighted by Gasteiger charge is -2.12. The van der Waals surface area contributed by atoms with Crippen molar-refractivity contribution in [3.63, 3.8) is 0 Å². The van der Waals surface area contributed by atoms with E-state index in [1.165, 1.54) is 5.39 Å². The van der Waals surface area contributed by atoms with Gasteiger partial charge in [0.05, 0.1) is 15.2 Å². The highest BCUT2D eigenvalue weighted by molar-refractivity contribution is 7.80. The number of hydrogen-bond acceptors (Lipinski definition) is 3. The summed E-state index contributed by atoms with van der Waals surface area (Å²) in [6.45, 7) is 2.02. The fourth-order valence-electron chi connectivity index (χ4n) is 2.74. The Hall–Kier alpha value is -2.50. The molecule has 118 valence electrons. The van der Waals surface area contributed by atoms with Gasteiger partial charge in [-0.3, -0.25) is 0 Å². The molecule has 2 N–H and O–H groups in total. The minimum absolute atomic E-state index is 0.576. The van der Waals surface area contributed by atoms with Crippen LogP contribution >= 0.6 is 23.6 Å². The SMILES string of the molecule is Cc1nc2ccc(NC(=S)Nc3cccc4ccccc34)cc2s1. The Labute approximate surface area is 149 Å². The lowest BCUT2D eigenvalue weighted by molar-refractivity contribution is 1.35. The first kappa shape index (κ1) is 15.1. The van der Waals surface area contributed by atoms with E-state index in [4.69, 9.17) is 12.2 Å². The normalized spacial score (nSPS) is 10.9. The summed E-state index contributed by atoms with van der Waals surface area (Å²) in [5.41, 5.74) is 2.99. The van der Waals surface area contributed by atoms with Crippen molar-refractivity contribution in [3.05, 3.63) is 65.7 Å². The molecule has 0 aliphatic carbocycles. The van der Waals surface area contributed by atoms with Crippen molar-refractivity contribution < 1.29 is 0 Å². The van der Waals surface area contributed by atoms with E-state index < -0.39 is 0 Å². The Bertz CT molecular complexity index is 1050. The molecule has 0 atom stereocenters. The summed E-state index contributed by atoms with van der Waals surface area (Å²) in [6.07, 6.45) is 0. The molecule has 0 bridgehead atoms. The first-order valence-corrected chi connectivity index (χ1v) is 8.84. The Morgan fingerprint density at radius 1 is 1.00 bits per heavy atom. The quantitative estimate of drug-likeness (QED) is 0.464. The molecule has 0 radical (unpaired) electrons. The number of thiazole rings is 1. The summed E-state index contributed by atoms with van der Waals surface area (Å²) in [5.74, 6) is 0. The molecule has 0 amide bonds. The molecule has 0 aliphatic rings. The van der Waals surface area contributed by atoms with Gasteiger partial charge < -0.3 is 10.6 Å². The summed E-state index contributed by atoms with van der Waals surface area (Å²) < 4.78 is 1.16. The molecule has 1 heterocycles. The second-order valence-electron chi connectivity index (χ2n) is 5.52. The van der Waals surface area contributed by atoms with E-state index in [1.807, 2.05) is 43.3 Å². The second kappa shape index (κ2) is 6.19. The fraction of sp³-hybridized carbons (Fsp3) is 0.0526. The second-order valence-corrected chi connectivity index (χ2v) is 7.16. The number of benzene rings is 3. The van der Waals surface area contributed by atoms with Crippen molar-refractivity contribution in [2.24, 2.45) is 0 Å². The molecule has 0 aliphatic heterocycles. The molecular weight excluding hydrogens is 334 g/mol. The summed E-state index contributed by atoms with van der Waals surface area (Å²) in [5, 5.41) is 10.5. The molecule has 4 aromatic rings. The van der Waals surface area contributed by atoms with Crippen molar-refractivity contribution in [1.82, 2.24) is 4.98 Å². The highest BCUT2D eigenvalue weighted by atomic mass is 32.1. The fourth-order valence-corrected chi connectivity index (χ4v) is 3.83. The van der Waals surface area contributed by atoms with Gasteiger partial charge in [0.25, 0.3) is 0 Å². The van der Waals surface area contributed by atoms with E-state index in [1.54, 1.807) is 11.3 Å². The van der Waals surface area contributed by atoms with Crippen molar-refractivity contribution in [2.45, 2.75) is 6.92 Å². The van der Waals surface area contributed by atoms with Gasteiger partial charge in [0.2, 0.25) is 0 Å². The molecule has 3 nitrogen and oxygen atoms in total. The van der Waals surface area contributed by atoms with Crippen molar-refractivity contribution in [2.75, 3.05) is 10.6 Å². The smallest absolute Gasteiger partial charge is 0.175 e. The highest BCUT2D eigenvalue weighted by Crippen LogP contribution is 2.26. The van der Waals surface area contributed by atoms with E-state index in [2.05, 4.69) is 39.9 Å². The van der Waals surface area contributed by atoms with Crippen LogP contribution in [0.4, 0.5) is 11.4 Å². The van der Waals surface area contributed by atoms with Gasteiger partial charge >= 0.3 is 0 Å². The van der Waals surface area contributed by atoms with E-state index in [0.29, 0.717) is 5.11 Å². The molecule has 5 heteroatoms. The summed E-state index contributed by atoms with van der Waals surface area (Å²) in [7, 11) is 0. The molecule has 0 fully saturated rings. The van der Waals surface area contributed by atoms with Crippen LogP contribution in [0.3, 0.4) is 0 Å². The average molecular weight is 349 g/mol. The Kier molecular flexibility index (Phi) is 3.88. The number of thiocarbonyl (C=S) groups is 1. The molecule has 3 aromatic carbocycles. The molecule has 4 rings (SSSR count). The Morgan fingerprint density at radius 2 is 1.83 bits per heavy atom. The van der Waals surface area contributed by atoms with Crippen LogP contribution in [0.2, 0.25) is 0 Å². The minimum Gasteiger partial charge on any atom is -0.332 e. The predicted octanol–water partition coefficient (Wildman–Crippen LogP) is 5.57. The Balaban J connectivity index is 1.56. The van der Waals surface area contributed by atoms with Crippen LogP contribution in [0.1, 0.15) is 5.01 Å². The Morgan fingerprint density at radius 3 is 2.75 bits per heavy atom. The van der Waals surface area contributed by atoms with E-state index >= 15 is 0 Å². The number of anilines is 2. The van der Waals surface area contributed by atoms with Gasteiger partial charge in [-0.15, -0.1) is 11.3 Å². The topological polar surface area (TPSA) is 37.0 Å². The molecule has 1 aromatic heterocycles. The van der Waals surface area contributed by atoms with Crippen LogP contribution in [0.15, 0.2) is 60.7 Å². The zero-order valence-electron chi connectivity index (χ0n) is 13.0. The molecule has 24 heavy (non-hydrogen) atoms. The van der Waals surface area contributed by atoms with E-state index in [0.717, 1.165) is 32.0 Å². The maximum atomic E-state index is 5.47. The molecular formula is C19H15N3S2. The zero-order valence-corrected chi connectivity index (χ0v) is 14.7. The average Bonchev–Trinajstić information content (AvgIpc) is 2.94. The summed E-state index contributed by atoms with van der Waals surface area (Å²) in [4.78, 5) is 4.48. The standard InChI is InChI=1S/C19H15N3S2/c1-12-20-17-10-9-14(11-18(17)24-12)21-19(23)22-16-8-4-6-13-5-2-3-7-15(13)16/h2-11H,1H3,(H2,21,22,23). The van der Waals surface area contributed by atoms with Crippen LogP contribution in [0.5, 0.6) is 0 Å². The van der Waals surface area contributed by atoms with Gasteiger partial charge in [-0.05, 0) is 48.8 Å². The number of fused-ring (bicyclic) bond motifs is 2. The van der Waals surface area contributed by atoms with Gasteiger partial charge in [0, 0.05) is 16.8 Å². The van der Waals surface area contributed by atoms with Gasteiger partial charge in [-0.1, -0.05) is 36.4 Å². The highest BCUT2D eigenvalue weighted by Gasteiger charge is 2.05. The van der Waals surface area contributed by atoms with E-state index in [-0.39, 0.29) is 0 Å². The third-order valence-electron chi connectivity index (χ3n) is 3.79. The van der Waals surface area contributed by atoms with E-state index in [9.17, 15) is 0 Å². The van der Waals surface area contributed by atoms with Crippen molar-refractivity contribution in [1.29, 1.82) is 0 Å². The van der Waals surface area contributed by atoms with Gasteiger partial charge in [0.1, 0.15) is 0 Å². The largest absolute Gasteiger partial charge is 0.332 e. The maximum Gasteiger partial charge on any atom is 0.175 e. The lowest BCUT2D eigenvalue weighted by atomic mass is 10.1. The van der Waals surface area contributed by atoms with Gasteiger partial charge in [-0.25, -0.2) is 4.98 Å². The van der Waals surface area contributed by atoms with Crippen LogP contribution < -0.4 is 10.6 Å². The minimum atomic E-state index is 0.576. The van der Waals surface area contributed by atoms with Crippen molar-refractivity contribution >= 4 is 61.0 Å². The van der Waals surface area contributed by atoms with Crippen molar-refractivity contribution in [3.8, 4) is 0 Å². The number of hydrogen-bond donors (Lipinski definition) is 2. The predicted molar refractivity (Wildman–Crippen MR) is 108 cm³/mol. The number of nitrogens with one attached hydrogen (secondary N) is 2. The van der Waals surface area contributed by atoms with Crippen LogP contribution in [0.25, 0.3) is 21.0 Å². The number of aromatic nitrogens is 1. The molecule has 0 saturated heterocycles. The third kappa shape index (κ3) is 2.96. The third-order valence-corrected chi connectivity index (χ3v) is 4.93. The monoisotopic (exact) mass is 349 g/mol.